The van der Waals surface area contributed by atoms with Crippen molar-refractivity contribution >= 4 is 17.4 Å². The van der Waals surface area contributed by atoms with Gasteiger partial charge in [-0.25, -0.2) is 0 Å². The normalized spacial score (nSPS) is 10.0. The van der Waals surface area contributed by atoms with Crippen LogP contribution in [0.15, 0.2) is 23.1 Å². The summed E-state index contributed by atoms with van der Waals surface area (Å²) in [5, 5.41) is 8.63. The van der Waals surface area contributed by atoms with E-state index in [4.69, 9.17) is 15.6 Å². The Morgan fingerprint density at radius 1 is 1.54 bits per heavy atom. The number of rotatable bonds is 4. The molecule has 72 valence electrons. The van der Waals surface area contributed by atoms with Crippen LogP contribution in [0.5, 0.6) is 5.75 Å². The summed E-state index contributed by atoms with van der Waals surface area (Å²) >= 11 is 1.57. The van der Waals surface area contributed by atoms with Crippen LogP contribution in [0.3, 0.4) is 0 Å². The van der Waals surface area contributed by atoms with Crippen LogP contribution in [-0.4, -0.2) is 24.6 Å². The molecule has 3 nitrogen and oxygen atoms in total. The molecule has 0 aliphatic carbocycles. The van der Waals surface area contributed by atoms with Crippen molar-refractivity contribution in [3.63, 3.8) is 0 Å². The smallest absolute Gasteiger partial charge is 0.142 e. The lowest BCUT2D eigenvalue weighted by Gasteiger charge is -2.06. The highest BCUT2D eigenvalue weighted by atomic mass is 32.2. The summed E-state index contributed by atoms with van der Waals surface area (Å²) in [7, 11) is 1.59. The average Bonchev–Trinajstić information content (AvgIpc) is 2.16. The minimum absolute atomic E-state index is 0.178. The number of hydrogen-bond acceptors (Lipinski definition) is 4. The van der Waals surface area contributed by atoms with Crippen molar-refractivity contribution < 1.29 is 9.84 Å². The van der Waals surface area contributed by atoms with Gasteiger partial charge in [0.05, 0.1) is 19.4 Å². The number of aliphatic hydroxyl groups excluding tert-OH is 1. The molecule has 0 atom stereocenters. The van der Waals surface area contributed by atoms with E-state index >= 15 is 0 Å². The van der Waals surface area contributed by atoms with Gasteiger partial charge in [-0.15, -0.1) is 11.8 Å². The molecule has 4 heteroatoms. The highest BCUT2D eigenvalue weighted by molar-refractivity contribution is 7.99. The van der Waals surface area contributed by atoms with Crippen LogP contribution >= 0.6 is 11.8 Å². The lowest BCUT2D eigenvalue weighted by atomic mass is 10.3. The van der Waals surface area contributed by atoms with E-state index in [1.165, 1.54) is 0 Å². The van der Waals surface area contributed by atoms with Crippen molar-refractivity contribution in [2.24, 2.45) is 0 Å². The lowest BCUT2D eigenvalue weighted by Crippen LogP contribution is -1.92. The molecule has 0 fully saturated rings. The minimum atomic E-state index is 0.178. The van der Waals surface area contributed by atoms with Crippen LogP contribution in [0, 0.1) is 0 Å². The average molecular weight is 199 g/mol. The van der Waals surface area contributed by atoms with Crippen LogP contribution in [-0.2, 0) is 0 Å². The summed E-state index contributed by atoms with van der Waals surface area (Å²) in [5.41, 5.74) is 6.28. The van der Waals surface area contributed by atoms with E-state index in [9.17, 15) is 0 Å². The Morgan fingerprint density at radius 3 is 2.92 bits per heavy atom. The quantitative estimate of drug-likeness (QED) is 0.568. The summed E-state index contributed by atoms with van der Waals surface area (Å²) in [5.74, 6) is 1.37. The molecule has 0 heterocycles. The third-order valence-electron chi connectivity index (χ3n) is 1.56. The number of nitrogens with two attached hydrogens (primary N) is 1. The van der Waals surface area contributed by atoms with Crippen molar-refractivity contribution in [2.75, 3.05) is 25.2 Å². The number of ether oxygens (including phenoxy) is 1. The summed E-state index contributed by atoms with van der Waals surface area (Å²) in [6.45, 7) is 0.178. The molecule has 0 amide bonds. The molecule has 1 aromatic rings. The molecule has 3 N–H and O–H groups in total. The van der Waals surface area contributed by atoms with Gasteiger partial charge in [0.25, 0.3) is 0 Å². The van der Waals surface area contributed by atoms with Gasteiger partial charge in [-0.1, -0.05) is 0 Å². The highest BCUT2D eigenvalue weighted by Gasteiger charge is 2.00. The van der Waals surface area contributed by atoms with Crippen LogP contribution in [0.2, 0.25) is 0 Å². The highest BCUT2D eigenvalue weighted by Crippen LogP contribution is 2.27. The monoisotopic (exact) mass is 199 g/mol. The van der Waals surface area contributed by atoms with E-state index in [1.54, 1.807) is 24.9 Å². The first-order chi connectivity index (χ1) is 6.27. The van der Waals surface area contributed by atoms with Gasteiger partial charge < -0.3 is 15.6 Å². The molecule has 0 aliphatic heterocycles. The molecular formula is C9H13NO2S. The second-order valence-corrected chi connectivity index (χ2v) is 3.64. The van der Waals surface area contributed by atoms with Gasteiger partial charge in [0, 0.05) is 10.6 Å². The molecule has 0 aromatic heterocycles. The predicted molar refractivity (Wildman–Crippen MR) is 55.2 cm³/mol. The zero-order chi connectivity index (χ0) is 9.68. The van der Waals surface area contributed by atoms with E-state index in [1.807, 2.05) is 12.1 Å². The first-order valence-electron chi connectivity index (χ1n) is 3.95. The third-order valence-corrected chi connectivity index (χ3v) is 2.54. The maximum absolute atomic E-state index is 8.63. The van der Waals surface area contributed by atoms with Gasteiger partial charge in [-0.3, -0.25) is 0 Å². The lowest BCUT2D eigenvalue weighted by molar-refractivity contribution is 0.322. The number of thioether (sulfide) groups is 1. The molecule has 0 unspecified atom stereocenters. The molecule has 0 saturated carbocycles. The SMILES string of the molecule is COc1cc(SCCO)ccc1N. The summed E-state index contributed by atoms with van der Waals surface area (Å²) < 4.78 is 5.06. The Labute approximate surface area is 81.9 Å². The van der Waals surface area contributed by atoms with Crippen molar-refractivity contribution in [2.45, 2.75) is 4.90 Å². The van der Waals surface area contributed by atoms with E-state index in [-0.39, 0.29) is 6.61 Å². The molecule has 0 spiro atoms. The Bertz CT molecular complexity index is 278. The van der Waals surface area contributed by atoms with Crippen LogP contribution in [0.1, 0.15) is 0 Å². The molecular weight excluding hydrogens is 186 g/mol. The molecule has 0 aliphatic rings. The third kappa shape index (κ3) is 2.82. The number of anilines is 1. The first-order valence-corrected chi connectivity index (χ1v) is 4.93. The van der Waals surface area contributed by atoms with Crippen molar-refractivity contribution in [3.05, 3.63) is 18.2 Å². The maximum atomic E-state index is 8.63. The standard InChI is InChI=1S/C9H13NO2S/c1-12-9-6-7(13-5-4-11)2-3-8(9)10/h2-3,6,11H,4-5,10H2,1H3. The number of hydrogen-bond donors (Lipinski definition) is 2. The van der Waals surface area contributed by atoms with E-state index in [2.05, 4.69) is 0 Å². The van der Waals surface area contributed by atoms with Crippen LogP contribution < -0.4 is 10.5 Å². The fourth-order valence-electron chi connectivity index (χ4n) is 0.945. The molecule has 0 bridgehead atoms. The van der Waals surface area contributed by atoms with Crippen molar-refractivity contribution in [1.29, 1.82) is 0 Å². The summed E-state index contributed by atoms with van der Waals surface area (Å²) in [6.07, 6.45) is 0. The fourth-order valence-corrected chi connectivity index (χ4v) is 1.63. The van der Waals surface area contributed by atoms with Crippen LogP contribution in [0.4, 0.5) is 5.69 Å². The van der Waals surface area contributed by atoms with Gasteiger partial charge in [-0.2, -0.15) is 0 Å². The number of benzene rings is 1. The van der Waals surface area contributed by atoms with E-state index in [0.29, 0.717) is 17.2 Å². The van der Waals surface area contributed by atoms with Gasteiger partial charge in [0.1, 0.15) is 5.75 Å². The van der Waals surface area contributed by atoms with Crippen molar-refractivity contribution in [3.8, 4) is 5.75 Å². The number of aliphatic hydroxyl groups is 1. The van der Waals surface area contributed by atoms with Gasteiger partial charge >= 0.3 is 0 Å². The molecule has 1 rings (SSSR count). The predicted octanol–water partition coefficient (Wildman–Crippen LogP) is 1.36. The fraction of sp³-hybridized carbons (Fsp3) is 0.333. The van der Waals surface area contributed by atoms with Gasteiger partial charge in [0.15, 0.2) is 0 Å². The Hall–Kier alpha value is -0.870. The van der Waals surface area contributed by atoms with E-state index in [0.717, 1.165) is 4.90 Å². The molecule has 0 saturated heterocycles. The molecule has 13 heavy (non-hydrogen) atoms. The largest absolute Gasteiger partial charge is 0.495 e. The topological polar surface area (TPSA) is 55.5 Å². The van der Waals surface area contributed by atoms with Gasteiger partial charge in [0.2, 0.25) is 0 Å². The zero-order valence-corrected chi connectivity index (χ0v) is 8.30. The summed E-state index contributed by atoms with van der Waals surface area (Å²) in [6, 6.07) is 5.59. The van der Waals surface area contributed by atoms with E-state index < -0.39 is 0 Å². The second-order valence-electron chi connectivity index (χ2n) is 2.48. The number of nitrogen functional groups attached to an aromatic ring is 1. The molecule has 1 aromatic carbocycles. The van der Waals surface area contributed by atoms with Crippen molar-refractivity contribution in [1.82, 2.24) is 0 Å². The minimum Gasteiger partial charge on any atom is -0.495 e. The Morgan fingerprint density at radius 2 is 2.31 bits per heavy atom. The maximum Gasteiger partial charge on any atom is 0.142 e. The number of methoxy groups -OCH3 is 1. The van der Waals surface area contributed by atoms with Crippen LogP contribution in [0.25, 0.3) is 0 Å². The first kappa shape index (κ1) is 10.2. The van der Waals surface area contributed by atoms with Gasteiger partial charge in [-0.05, 0) is 18.2 Å². The Kier molecular flexibility index (Phi) is 3.92. The zero-order valence-electron chi connectivity index (χ0n) is 7.49. The Balaban J connectivity index is 2.74. The second kappa shape index (κ2) is 4.99. The summed E-state index contributed by atoms with van der Waals surface area (Å²) in [4.78, 5) is 1.06. The molecule has 0 radical (unpaired) electrons.